The molecule has 0 radical (unpaired) electrons. The number of anilines is 1. The molecular weight excluding hydrogens is 438 g/mol. The summed E-state index contributed by atoms with van der Waals surface area (Å²) in [6, 6.07) is 5.27. The second kappa shape index (κ2) is 8.60. The van der Waals surface area contributed by atoms with Crippen molar-refractivity contribution in [1.29, 1.82) is 0 Å². The summed E-state index contributed by atoms with van der Waals surface area (Å²) < 4.78 is 21.8. The van der Waals surface area contributed by atoms with Gasteiger partial charge in [-0.2, -0.15) is 0 Å². The van der Waals surface area contributed by atoms with Gasteiger partial charge >= 0.3 is 6.09 Å². The lowest BCUT2D eigenvalue weighted by molar-refractivity contribution is 0.130. The van der Waals surface area contributed by atoms with Crippen molar-refractivity contribution >= 4 is 50.0 Å². The molecule has 1 atom stereocenters. The standard InChI is InChI=1S/C17H22BrN3O3S2/c1-10(2)24-16(22)20-11-6-7-12(13-9-19-15(18)25-13)14(8-11)26(23)21-17(3,4)5/h6-10,21H,1-5H3,(H,20,22). The van der Waals surface area contributed by atoms with Gasteiger partial charge in [-0.25, -0.2) is 18.7 Å². The third-order valence-electron chi connectivity index (χ3n) is 2.91. The zero-order valence-corrected chi connectivity index (χ0v) is 18.5. The first-order valence-electron chi connectivity index (χ1n) is 7.98. The van der Waals surface area contributed by atoms with E-state index in [4.69, 9.17) is 4.74 Å². The predicted octanol–water partition coefficient (Wildman–Crippen LogP) is 4.94. The maximum absolute atomic E-state index is 12.9. The van der Waals surface area contributed by atoms with Crippen molar-refractivity contribution in [1.82, 2.24) is 9.71 Å². The van der Waals surface area contributed by atoms with E-state index in [1.54, 1.807) is 32.2 Å². The summed E-state index contributed by atoms with van der Waals surface area (Å²) in [5, 5.41) is 2.67. The van der Waals surface area contributed by atoms with Crippen LogP contribution >= 0.6 is 27.3 Å². The van der Waals surface area contributed by atoms with Crippen LogP contribution in [0.5, 0.6) is 0 Å². The largest absolute Gasteiger partial charge is 0.447 e. The van der Waals surface area contributed by atoms with Crippen LogP contribution in [0.1, 0.15) is 34.6 Å². The van der Waals surface area contributed by atoms with Crippen LogP contribution in [0.4, 0.5) is 10.5 Å². The van der Waals surface area contributed by atoms with E-state index in [1.807, 2.05) is 26.8 Å². The van der Waals surface area contributed by atoms with Gasteiger partial charge in [-0.05, 0) is 62.7 Å². The molecule has 2 aromatic rings. The predicted molar refractivity (Wildman–Crippen MR) is 110 cm³/mol. The van der Waals surface area contributed by atoms with E-state index in [-0.39, 0.29) is 11.6 Å². The Morgan fingerprint density at radius 3 is 2.58 bits per heavy atom. The third kappa shape index (κ3) is 6.15. The molecule has 2 N–H and O–H groups in total. The van der Waals surface area contributed by atoms with Crippen LogP contribution in [0, 0.1) is 0 Å². The topological polar surface area (TPSA) is 80.3 Å². The molecule has 6 nitrogen and oxygen atoms in total. The Bertz CT molecular complexity index is 816. The van der Waals surface area contributed by atoms with E-state index >= 15 is 0 Å². The Labute approximate surface area is 168 Å². The van der Waals surface area contributed by atoms with Crippen LogP contribution in [0.25, 0.3) is 10.4 Å². The Morgan fingerprint density at radius 2 is 2.04 bits per heavy atom. The number of hydrogen-bond donors (Lipinski definition) is 2. The van der Waals surface area contributed by atoms with Gasteiger partial charge in [0.1, 0.15) is 11.0 Å². The van der Waals surface area contributed by atoms with Gasteiger partial charge in [0.2, 0.25) is 0 Å². The second-order valence-electron chi connectivity index (χ2n) is 6.89. The van der Waals surface area contributed by atoms with Crippen LogP contribution in [0.15, 0.2) is 33.2 Å². The Kier molecular flexibility index (Phi) is 6.95. The first kappa shape index (κ1) is 21.0. The highest BCUT2D eigenvalue weighted by atomic mass is 79.9. The Balaban J connectivity index is 2.39. The fraction of sp³-hybridized carbons (Fsp3) is 0.412. The lowest BCUT2D eigenvalue weighted by Gasteiger charge is -2.21. The van der Waals surface area contributed by atoms with Crippen LogP contribution < -0.4 is 10.0 Å². The summed E-state index contributed by atoms with van der Waals surface area (Å²) in [7, 11) is -1.47. The molecule has 142 valence electrons. The fourth-order valence-electron chi connectivity index (χ4n) is 2.03. The van der Waals surface area contributed by atoms with E-state index in [2.05, 4.69) is 31.0 Å². The number of ether oxygens (including phenoxy) is 1. The molecular formula is C17H22BrN3O3S2. The minimum atomic E-state index is -1.47. The SMILES string of the molecule is CC(C)OC(=O)Nc1ccc(-c2cnc(Br)s2)c(S(=O)NC(C)(C)C)c1. The number of nitrogens with one attached hydrogen (secondary N) is 2. The van der Waals surface area contributed by atoms with Crippen molar-refractivity contribution in [2.45, 2.75) is 51.2 Å². The molecule has 1 heterocycles. The smallest absolute Gasteiger partial charge is 0.411 e. The summed E-state index contributed by atoms with van der Waals surface area (Å²) in [6.45, 7) is 9.37. The summed E-state index contributed by atoms with van der Waals surface area (Å²) in [5.74, 6) is 0. The van der Waals surface area contributed by atoms with Crippen molar-refractivity contribution in [3.63, 3.8) is 0 Å². The average Bonchev–Trinajstić information content (AvgIpc) is 2.91. The molecule has 0 saturated carbocycles. The first-order chi connectivity index (χ1) is 12.0. The van der Waals surface area contributed by atoms with Gasteiger partial charge in [0.25, 0.3) is 0 Å². The quantitative estimate of drug-likeness (QED) is 0.663. The molecule has 1 aromatic heterocycles. The zero-order chi connectivity index (χ0) is 19.5. The minimum absolute atomic E-state index is 0.222. The molecule has 0 saturated heterocycles. The van der Waals surface area contributed by atoms with Crippen molar-refractivity contribution in [2.24, 2.45) is 0 Å². The number of benzene rings is 1. The van der Waals surface area contributed by atoms with Crippen LogP contribution in [0.3, 0.4) is 0 Å². The molecule has 26 heavy (non-hydrogen) atoms. The monoisotopic (exact) mass is 459 g/mol. The van der Waals surface area contributed by atoms with Gasteiger partial charge in [-0.3, -0.25) is 5.32 Å². The van der Waals surface area contributed by atoms with Gasteiger partial charge in [0.05, 0.1) is 15.9 Å². The van der Waals surface area contributed by atoms with Crippen molar-refractivity contribution in [3.8, 4) is 10.4 Å². The number of carbonyl (C=O) groups is 1. The maximum Gasteiger partial charge on any atom is 0.411 e. The van der Waals surface area contributed by atoms with E-state index in [9.17, 15) is 9.00 Å². The highest BCUT2D eigenvalue weighted by molar-refractivity contribution is 9.11. The van der Waals surface area contributed by atoms with Crippen molar-refractivity contribution in [2.75, 3.05) is 5.32 Å². The van der Waals surface area contributed by atoms with E-state index in [0.29, 0.717) is 10.6 Å². The number of halogens is 1. The highest BCUT2D eigenvalue weighted by Crippen LogP contribution is 2.34. The van der Waals surface area contributed by atoms with Gasteiger partial charge in [0.15, 0.2) is 3.92 Å². The first-order valence-corrected chi connectivity index (χ1v) is 10.7. The van der Waals surface area contributed by atoms with Crippen LogP contribution in [-0.2, 0) is 15.7 Å². The molecule has 9 heteroatoms. The minimum Gasteiger partial charge on any atom is -0.447 e. The van der Waals surface area contributed by atoms with Gasteiger partial charge in [-0.1, -0.05) is 6.07 Å². The molecule has 1 aromatic carbocycles. The van der Waals surface area contributed by atoms with Crippen LogP contribution in [-0.4, -0.2) is 26.9 Å². The third-order valence-corrected chi connectivity index (χ3v) is 5.96. The number of rotatable bonds is 5. The molecule has 0 aliphatic heterocycles. The van der Waals surface area contributed by atoms with E-state index in [1.165, 1.54) is 11.3 Å². The molecule has 1 amide bonds. The van der Waals surface area contributed by atoms with Gasteiger partial charge in [0, 0.05) is 23.0 Å². The lowest BCUT2D eigenvalue weighted by Crippen LogP contribution is -2.37. The summed E-state index contributed by atoms with van der Waals surface area (Å²) >= 11 is 4.80. The molecule has 0 spiro atoms. The molecule has 0 aliphatic rings. The number of carbonyl (C=O) groups excluding carboxylic acids is 1. The van der Waals surface area contributed by atoms with Gasteiger partial charge in [-0.15, -0.1) is 11.3 Å². The number of aromatic nitrogens is 1. The average molecular weight is 460 g/mol. The molecule has 1 unspecified atom stereocenters. The molecule has 0 fully saturated rings. The van der Waals surface area contributed by atoms with Crippen LogP contribution in [0.2, 0.25) is 0 Å². The summed E-state index contributed by atoms with van der Waals surface area (Å²) in [4.78, 5) is 17.5. The normalized spacial score (nSPS) is 12.9. The number of nitrogens with zero attached hydrogens (tertiary/aromatic N) is 1. The van der Waals surface area contributed by atoms with E-state index < -0.39 is 17.1 Å². The Morgan fingerprint density at radius 1 is 1.35 bits per heavy atom. The lowest BCUT2D eigenvalue weighted by atomic mass is 10.1. The Hall–Kier alpha value is -1.29. The number of thiazole rings is 1. The molecule has 0 aliphatic carbocycles. The van der Waals surface area contributed by atoms with Gasteiger partial charge < -0.3 is 4.74 Å². The maximum atomic E-state index is 12.9. The van der Waals surface area contributed by atoms with E-state index in [0.717, 1.165) is 14.4 Å². The summed E-state index contributed by atoms with van der Waals surface area (Å²) in [5.41, 5.74) is 0.976. The highest BCUT2D eigenvalue weighted by Gasteiger charge is 2.20. The fourth-order valence-corrected chi connectivity index (χ4v) is 4.68. The molecule has 0 bridgehead atoms. The zero-order valence-electron chi connectivity index (χ0n) is 15.3. The molecule has 2 rings (SSSR count). The number of amides is 1. The second-order valence-corrected chi connectivity index (χ2v) is 10.4. The number of hydrogen-bond acceptors (Lipinski definition) is 5. The summed E-state index contributed by atoms with van der Waals surface area (Å²) in [6.07, 6.45) is 0.955. The van der Waals surface area contributed by atoms with Crippen molar-refractivity contribution in [3.05, 3.63) is 28.3 Å². The van der Waals surface area contributed by atoms with Crippen molar-refractivity contribution < 1.29 is 13.7 Å².